The molecule has 0 fully saturated rings. The number of aliphatic hydroxyl groups is 1. The van der Waals surface area contributed by atoms with Gasteiger partial charge in [0.15, 0.2) is 0 Å². The lowest BCUT2D eigenvalue weighted by Gasteiger charge is -2.13. The second kappa shape index (κ2) is 5.00. The van der Waals surface area contributed by atoms with Crippen LogP contribution in [-0.2, 0) is 0 Å². The zero-order valence-electron chi connectivity index (χ0n) is 8.57. The summed E-state index contributed by atoms with van der Waals surface area (Å²) in [6.45, 7) is 0. The fourth-order valence-electron chi connectivity index (χ4n) is 1.47. The number of pyridine rings is 1. The predicted molar refractivity (Wildman–Crippen MR) is 64.7 cm³/mol. The maximum absolute atomic E-state index is 13.1. The van der Waals surface area contributed by atoms with Crippen LogP contribution < -0.4 is 0 Å². The van der Waals surface area contributed by atoms with Gasteiger partial charge in [-0.3, -0.25) is 4.98 Å². The Labute approximate surface area is 108 Å². The lowest BCUT2D eigenvalue weighted by molar-refractivity contribution is 0.215. The molecule has 1 unspecified atom stereocenters. The van der Waals surface area contributed by atoms with E-state index in [4.69, 9.17) is 23.2 Å². The van der Waals surface area contributed by atoms with Crippen LogP contribution in [0.15, 0.2) is 36.5 Å². The van der Waals surface area contributed by atoms with Gasteiger partial charge in [-0.1, -0.05) is 23.2 Å². The number of aromatic nitrogens is 1. The minimum atomic E-state index is -1.15. The average Bonchev–Trinajstić information content (AvgIpc) is 2.32. The second-order valence-electron chi connectivity index (χ2n) is 3.44. The van der Waals surface area contributed by atoms with Gasteiger partial charge in [0, 0.05) is 16.8 Å². The van der Waals surface area contributed by atoms with Gasteiger partial charge in [0.05, 0.1) is 10.7 Å². The van der Waals surface area contributed by atoms with Crippen LogP contribution >= 0.6 is 23.2 Å². The highest BCUT2D eigenvalue weighted by molar-refractivity contribution is 6.32. The first-order valence-corrected chi connectivity index (χ1v) is 5.58. The third-order valence-electron chi connectivity index (χ3n) is 2.30. The Balaban J connectivity index is 2.47. The Kier molecular flexibility index (Phi) is 3.62. The molecule has 1 aromatic heterocycles. The molecule has 88 valence electrons. The molecule has 0 saturated carbocycles. The number of rotatable bonds is 2. The fourth-order valence-corrected chi connectivity index (χ4v) is 1.92. The number of hydrogen-bond acceptors (Lipinski definition) is 2. The van der Waals surface area contributed by atoms with Crippen molar-refractivity contribution in [3.05, 3.63) is 63.6 Å². The third-order valence-corrected chi connectivity index (χ3v) is 2.96. The van der Waals surface area contributed by atoms with Crippen molar-refractivity contribution in [2.24, 2.45) is 0 Å². The predicted octanol–water partition coefficient (Wildman–Crippen LogP) is 3.61. The monoisotopic (exact) mass is 271 g/mol. The van der Waals surface area contributed by atoms with Gasteiger partial charge in [0.1, 0.15) is 11.9 Å². The van der Waals surface area contributed by atoms with Crippen molar-refractivity contribution in [3.63, 3.8) is 0 Å². The van der Waals surface area contributed by atoms with Crippen molar-refractivity contribution >= 4 is 23.2 Å². The van der Waals surface area contributed by atoms with Gasteiger partial charge in [-0.2, -0.15) is 0 Å². The van der Waals surface area contributed by atoms with Gasteiger partial charge in [-0.05, 0) is 30.3 Å². The van der Waals surface area contributed by atoms with Gasteiger partial charge < -0.3 is 5.11 Å². The quantitative estimate of drug-likeness (QED) is 0.905. The molecule has 0 radical (unpaired) electrons. The molecular weight excluding hydrogens is 264 g/mol. The molecule has 2 aromatic rings. The molecule has 1 atom stereocenters. The van der Waals surface area contributed by atoms with E-state index in [0.29, 0.717) is 5.02 Å². The van der Waals surface area contributed by atoms with E-state index < -0.39 is 11.9 Å². The minimum Gasteiger partial charge on any atom is -0.382 e. The summed E-state index contributed by atoms with van der Waals surface area (Å²) in [5.74, 6) is -0.476. The van der Waals surface area contributed by atoms with Crippen LogP contribution in [-0.4, -0.2) is 10.1 Å². The minimum absolute atomic E-state index is 0.243. The normalized spacial score (nSPS) is 12.5. The smallest absolute Gasteiger partial charge is 0.124 e. The van der Waals surface area contributed by atoms with E-state index in [0.717, 1.165) is 6.07 Å². The zero-order valence-corrected chi connectivity index (χ0v) is 10.1. The van der Waals surface area contributed by atoms with Gasteiger partial charge in [0.2, 0.25) is 0 Å². The molecule has 1 aromatic carbocycles. The number of benzene rings is 1. The van der Waals surface area contributed by atoms with E-state index in [2.05, 4.69) is 4.98 Å². The molecule has 2 rings (SSSR count). The van der Waals surface area contributed by atoms with Crippen molar-refractivity contribution in [2.75, 3.05) is 0 Å². The summed E-state index contributed by atoms with van der Waals surface area (Å²) in [6, 6.07) is 7.01. The first-order chi connectivity index (χ1) is 8.09. The largest absolute Gasteiger partial charge is 0.382 e. The van der Waals surface area contributed by atoms with Crippen LogP contribution in [0.1, 0.15) is 17.4 Å². The number of nitrogens with zero attached hydrogens (tertiary/aromatic N) is 1. The van der Waals surface area contributed by atoms with Crippen molar-refractivity contribution in [2.45, 2.75) is 6.10 Å². The molecule has 0 amide bonds. The Morgan fingerprint density at radius 2 is 1.94 bits per heavy atom. The van der Waals surface area contributed by atoms with Gasteiger partial charge in [-0.15, -0.1) is 0 Å². The van der Waals surface area contributed by atoms with Crippen LogP contribution in [0.5, 0.6) is 0 Å². The summed E-state index contributed by atoms with van der Waals surface area (Å²) in [7, 11) is 0. The van der Waals surface area contributed by atoms with Gasteiger partial charge >= 0.3 is 0 Å². The zero-order chi connectivity index (χ0) is 12.4. The summed E-state index contributed by atoms with van der Waals surface area (Å²) < 4.78 is 13.1. The van der Waals surface area contributed by atoms with Crippen LogP contribution in [0.2, 0.25) is 10.0 Å². The Morgan fingerprint density at radius 1 is 1.18 bits per heavy atom. The maximum Gasteiger partial charge on any atom is 0.124 e. The molecule has 0 bridgehead atoms. The standard InChI is InChI=1S/C12H8Cl2FNO/c13-9-4-3-7(15)6-8(9)12(17)11-10(14)2-1-5-16-11/h1-6,12,17H. The third kappa shape index (κ3) is 2.57. The van der Waals surface area contributed by atoms with Crippen LogP contribution in [0.4, 0.5) is 4.39 Å². The highest BCUT2D eigenvalue weighted by Crippen LogP contribution is 2.31. The molecule has 0 aliphatic rings. The SMILES string of the molecule is OC(c1cc(F)ccc1Cl)c1ncccc1Cl. The average molecular weight is 272 g/mol. The van der Waals surface area contributed by atoms with Crippen LogP contribution in [0.3, 0.4) is 0 Å². The van der Waals surface area contributed by atoms with E-state index >= 15 is 0 Å². The molecule has 5 heteroatoms. The van der Waals surface area contributed by atoms with Gasteiger partial charge in [-0.25, -0.2) is 4.39 Å². The lowest BCUT2D eigenvalue weighted by atomic mass is 10.1. The molecular formula is C12H8Cl2FNO. The summed E-state index contributed by atoms with van der Waals surface area (Å²) in [6.07, 6.45) is 0.351. The van der Waals surface area contributed by atoms with Gasteiger partial charge in [0.25, 0.3) is 0 Å². The summed E-state index contributed by atoms with van der Waals surface area (Å²) in [4.78, 5) is 3.96. The number of hydrogen-bond donors (Lipinski definition) is 1. The fraction of sp³-hybridized carbons (Fsp3) is 0.0833. The Morgan fingerprint density at radius 3 is 2.65 bits per heavy atom. The molecule has 1 N–H and O–H groups in total. The molecule has 2 nitrogen and oxygen atoms in total. The molecule has 1 heterocycles. The van der Waals surface area contributed by atoms with E-state index in [9.17, 15) is 9.50 Å². The topological polar surface area (TPSA) is 33.1 Å². The number of aliphatic hydroxyl groups excluding tert-OH is 1. The molecule has 0 aliphatic carbocycles. The van der Waals surface area contributed by atoms with E-state index in [-0.39, 0.29) is 16.3 Å². The van der Waals surface area contributed by atoms with Crippen molar-refractivity contribution < 1.29 is 9.50 Å². The Bertz CT molecular complexity index is 548. The van der Waals surface area contributed by atoms with E-state index in [1.807, 2.05) is 0 Å². The van der Waals surface area contributed by atoms with Crippen LogP contribution in [0, 0.1) is 5.82 Å². The highest BCUT2D eigenvalue weighted by atomic mass is 35.5. The summed E-state index contributed by atoms with van der Waals surface area (Å²) in [5, 5.41) is 10.7. The Hall–Kier alpha value is -1.16. The number of halogens is 3. The lowest BCUT2D eigenvalue weighted by Crippen LogP contribution is -2.04. The van der Waals surface area contributed by atoms with Crippen molar-refractivity contribution in [3.8, 4) is 0 Å². The molecule has 0 saturated heterocycles. The molecule has 0 aliphatic heterocycles. The molecule has 17 heavy (non-hydrogen) atoms. The highest BCUT2D eigenvalue weighted by Gasteiger charge is 2.18. The maximum atomic E-state index is 13.1. The summed E-state index contributed by atoms with van der Waals surface area (Å²) in [5.41, 5.74) is 0.494. The van der Waals surface area contributed by atoms with E-state index in [1.54, 1.807) is 12.1 Å². The van der Waals surface area contributed by atoms with Crippen molar-refractivity contribution in [1.29, 1.82) is 0 Å². The summed E-state index contributed by atoms with van der Waals surface area (Å²) >= 11 is 11.8. The van der Waals surface area contributed by atoms with E-state index in [1.165, 1.54) is 18.3 Å². The van der Waals surface area contributed by atoms with Crippen LogP contribution in [0.25, 0.3) is 0 Å². The van der Waals surface area contributed by atoms with Crippen molar-refractivity contribution in [1.82, 2.24) is 4.98 Å². The first-order valence-electron chi connectivity index (χ1n) is 4.83. The molecule has 0 spiro atoms. The second-order valence-corrected chi connectivity index (χ2v) is 4.25. The first kappa shape index (κ1) is 12.3.